The molecule has 2 amide bonds. The van der Waals surface area contributed by atoms with E-state index in [0.29, 0.717) is 52.3 Å². The number of benzene rings is 4. The van der Waals surface area contributed by atoms with E-state index in [9.17, 15) is 18.4 Å². The third kappa shape index (κ3) is 9.23. The summed E-state index contributed by atoms with van der Waals surface area (Å²) in [4.78, 5) is 57.8. The number of amides is 2. The number of carbonyl (C=O) groups is 2. The maximum Gasteiger partial charge on any atom is 0.226 e. The molecule has 0 unspecified atom stereocenters. The zero-order valence-electron chi connectivity index (χ0n) is 39.3. The molecule has 0 aliphatic heterocycles. The Bertz CT molecular complexity index is 4010. The SMILES string of the molecule is CC(C)C(=O)Nc1cncc(-c2cnc3n[nH]c(-c4nc5c(-c6ccc(F)cc6)cccc5[nH]4)c3c2)c1.CCC(=O)Nc1ccc(-c2cnc3n[nH]c(-c4nc5c(-c6ccc(F)cc6)cccc5[nH]4)c3c2)cn1. The number of imidazole rings is 2. The summed E-state index contributed by atoms with van der Waals surface area (Å²) in [7, 11) is 0. The molecule has 0 bridgehead atoms. The van der Waals surface area contributed by atoms with Crippen molar-refractivity contribution in [2.75, 3.05) is 10.6 Å². The lowest BCUT2D eigenvalue weighted by atomic mass is 10.0. The molecule has 0 saturated heterocycles. The number of nitrogens with zero attached hydrogens (tertiary/aromatic N) is 8. The van der Waals surface area contributed by atoms with Crippen LogP contribution >= 0.6 is 0 Å². The Morgan fingerprint density at radius 3 is 1.58 bits per heavy atom. The van der Waals surface area contributed by atoms with Gasteiger partial charge in [0.1, 0.15) is 28.8 Å². The van der Waals surface area contributed by atoms with Crippen LogP contribution < -0.4 is 10.6 Å². The summed E-state index contributed by atoms with van der Waals surface area (Å²) < 4.78 is 26.9. The number of fused-ring (bicyclic) bond motifs is 4. The maximum absolute atomic E-state index is 13.5. The van der Waals surface area contributed by atoms with Gasteiger partial charge < -0.3 is 20.6 Å². The first-order valence-corrected chi connectivity index (χ1v) is 23.3. The minimum atomic E-state index is -0.283. The van der Waals surface area contributed by atoms with Gasteiger partial charge in [0.25, 0.3) is 0 Å². The Labute approximate surface area is 413 Å². The number of halogens is 2. The van der Waals surface area contributed by atoms with Gasteiger partial charge in [0.15, 0.2) is 22.9 Å². The summed E-state index contributed by atoms with van der Waals surface area (Å²) in [6, 6.07) is 33.9. The highest BCUT2D eigenvalue weighted by molar-refractivity contribution is 5.99. The van der Waals surface area contributed by atoms with Crippen LogP contribution in [0.5, 0.6) is 0 Å². The lowest BCUT2D eigenvalue weighted by Crippen LogP contribution is -2.17. The van der Waals surface area contributed by atoms with E-state index in [1.54, 1.807) is 68.2 Å². The van der Waals surface area contributed by atoms with E-state index in [4.69, 9.17) is 9.97 Å². The Kier molecular flexibility index (Phi) is 12.0. The molecule has 16 nitrogen and oxygen atoms in total. The normalized spacial score (nSPS) is 11.4. The van der Waals surface area contributed by atoms with Gasteiger partial charge in [-0.2, -0.15) is 10.2 Å². The van der Waals surface area contributed by atoms with Crippen molar-refractivity contribution < 1.29 is 18.4 Å². The van der Waals surface area contributed by atoms with Gasteiger partial charge in [-0.15, -0.1) is 0 Å². The molecule has 0 spiro atoms. The highest BCUT2D eigenvalue weighted by Crippen LogP contribution is 2.35. The Morgan fingerprint density at radius 2 is 1.07 bits per heavy atom. The van der Waals surface area contributed by atoms with Gasteiger partial charge >= 0.3 is 0 Å². The number of H-pyrrole nitrogens is 4. The fourth-order valence-electron chi connectivity index (χ4n) is 8.32. The van der Waals surface area contributed by atoms with Crippen LogP contribution in [0.3, 0.4) is 0 Å². The molecular weight excluding hydrogens is 927 g/mol. The number of para-hydroxylation sites is 2. The summed E-state index contributed by atoms with van der Waals surface area (Å²) >= 11 is 0. The minimum Gasteiger partial charge on any atom is -0.337 e. The Balaban J connectivity index is 0.000000157. The lowest BCUT2D eigenvalue weighted by Gasteiger charge is -2.09. The molecule has 18 heteroatoms. The quantitative estimate of drug-likeness (QED) is 0.0760. The topological polar surface area (TPSA) is 224 Å². The number of aromatic amines is 4. The van der Waals surface area contributed by atoms with Crippen LogP contribution in [0.15, 0.2) is 146 Å². The van der Waals surface area contributed by atoms with Gasteiger partial charge in [0.2, 0.25) is 11.8 Å². The standard InChI is InChI=1S/C28H22FN7O.C27H20FN7O/c1-15(2)28(37)32-20-10-17(12-30-14-20)18-11-22-25(35-36-26(22)31-13-18)27-33-23-5-3-4-21(24(23)34-27)16-6-8-19(29)9-7-16;1-2-23(36)32-22-11-8-16(13-29-22)17-12-20-25(34-35-26(20)30-14-17)27-31-21-5-3-4-19(24(21)33-27)15-6-9-18(28)10-7-15/h3-15H,1-2H3,(H,32,37)(H,33,34)(H,31,35,36);3-14H,2H2,1H3,(H,31,33)(H,29,32,36)(H,30,34,35). The second kappa shape index (κ2) is 19.2. The van der Waals surface area contributed by atoms with Gasteiger partial charge in [0, 0.05) is 70.5 Å². The van der Waals surface area contributed by atoms with E-state index in [-0.39, 0.29) is 29.4 Å². The van der Waals surface area contributed by atoms with Gasteiger partial charge in [-0.05, 0) is 77.9 Å². The zero-order chi connectivity index (χ0) is 50.2. The number of rotatable bonds is 10. The first-order valence-electron chi connectivity index (χ1n) is 23.3. The molecule has 358 valence electrons. The van der Waals surface area contributed by atoms with E-state index in [0.717, 1.165) is 77.3 Å². The second-order valence-electron chi connectivity index (χ2n) is 17.4. The van der Waals surface area contributed by atoms with E-state index in [1.165, 1.54) is 24.3 Å². The van der Waals surface area contributed by atoms with E-state index in [2.05, 4.69) is 60.9 Å². The average Bonchev–Trinajstić information content (AvgIpc) is 4.24. The number of nitrogens with one attached hydrogen (secondary N) is 6. The number of anilines is 2. The molecule has 73 heavy (non-hydrogen) atoms. The number of hydrogen-bond donors (Lipinski definition) is 6. The Hall–Kier alpha value is -9.84. The van der Waals surface area contributed by atoms with Gasteiger partial charge in [0.05, 0.1) is 44.7 Å². The zero-order valence-corrected chi connectivity index (χ0v) is 39.3. The fourth-order valence-corrected chi connectivity index (χ4v) is 8.32. The fraction of sp³-hybridized carbons (Fsp3) is 0.0909. The van der Waals surface area contributed by atoms with Crippen molar-refractivity contribution in [1.82, 2.24) is 60.3 Å². The van der Waals surface area contributed by atoms with Gasteiger partial charge in [-0.3, -0.25) is 24.8 Å². The van der Waals surface area contributed by atoms with Crippen molar-refractivity contribution in [1.29, 1.82) is 0 Å². The van der Waals surface area contributed by atoms with Crippen molar-refractivity contribution in [3.63, 3.8) is 0 Å². The number of hydrogen-bond acceptors (Lipinski definition) is 10. The summed E-state index contributed by atoms with van der Waals surface area (Å²) in [5.74, 6) is 0.874. The third-order valence-corrected chi connectivity index (χ3v) is 12.2. The molecular formula is C55H42F2N14O2. The number of pyridine rings is 4. The molecule has 0 fully saturated rings. The van der Waals surface area contributed by atoms with E-state index >= 15 is 0 Å². The predicted octanol–water partition coefficient (Wildman–Crippen LogP) is 11.7. The largest absolute Gasteiger partial charge is 0.337 e. The molecule has 12 rings (SSSR count). The van der Waals surface area contributed by atoms with Crippen LogP contribution in [0.2, 0.25) is 0 Å². The molecule has 0 aliphatic carbocycles. The Morgan fingerprint density at radius 1 is 0.562 bits per heavy atom. The number of carbonyl (C=O) groups excluding carboxylic acids is 2. The van der Waals surface area contributed by atoms with Crippen LogP contribution in [0.25, 0.3) is 112 Å². The maximum atomic E-state index is 13.5. The van der Waals surface area contributed by atoms with Crippen molar-refractivity contribution >= 4 is 67.5 Å². The molecule has 12 aromatic rings. The monoisotopic (exact) mass is 968 g/mol. The van der Waals surface area contributed by atoms with Crippen LogP contribution in [0.1, 0.15) is 27.2 Å². The summed E-state index contributed by atoms with van der Waals surface area (Å²) in [6.45, 7) is 5.47. The molecule has 6 N–H and O–H groups in total. The van der Waals surface area contributed by atoms with Crippen LogP contribution in [0, 0.1) is 17.6 Å². The van der Waals surface area contributed by atoms with E-state index in [1.807, 2.05) is 74.5 Å². The highest BCUT2D eigenvalue weighted by Gasteiger charge is 2.19. The molecule has 0 atom stereocenters. The van der Waals surface area contributed by atoms with Gasteiger partial charge in [-0.25, -0.2) is 33.7 Å². The molecule has 8 heterocycles. The summed E-state index contributed by atoms with van der Waals surface area (Å²) in [5, 5.41) is 22.0. The first-order chi connectivity index (χ1) is 35.5. The minimum absolute atomic E-state index is 0.0745. The van der Waals surface area contributed by atoms with Crippen molar-refractivity contribution in [2.24, 2.45) is 5.92 Å². The van der Waals surface area contributed by atoms with Crippen molar-refractivity contribution in [2.45, 2.75) is 27.2 Å². The molecule has 0 aliphatic rings. The first kappa shape index (κ1) is 45.6. The number of aromatic nitrogens is 12. The van der Waals surface area contributed by atoms with E-state index < -0.39 is 0 Å². The van der Waals surface area contributed by atoms with Crippen molar-refractivity contribution in [3.05, 3.63) is 158 Å². The third-order valence-electron chi connectivity index (χ3n) is 12.2. The average molecular weight is 969 g/mol. The predicted molar refractivity (Wildman–Crippen MR) is 278 cm³/mol. The van der Waals surface area contributed by atoms with Crippen molar-refractivity contribution in [3.8, 4) is 67.5 Å². The lowest BCUT2D eigenvalue weighted by molar-refractivity contribution is -0.119. The summed E-state index contributed by atoms with van der Waals surface area (Å²) in [6.07, 6.45) is 8.89. The molecule has 0 radical (unpaired) electrons. The van der Waals surface area contributed by atoms with Crippen LogP contribution in [0.4, 0.5) is 20.3 Å². The van der Waals surface area contributed by atoms with Crippen LogP contribution in [-0.2, 0) is 9.59 Å². The van der Waals surface area contributed by atoms with Gasteiger partial charge in [-0.1, -0.05) is 69.3 Å². The second-order valence-corrected chi connectivity index (χ2v) is 17.4. The molecule has 4 aromatic carbocycles. The smallest absolute Gasteiger partial charge is 0.226 e. The summed E-state index contributed by atoms with van der Waals surface area (Å²) in [5.41, 5.74) is 13.3. The highest BCUT2D eigenvalue weighted by atomic mass is 19.1. The van der Waals surface area contributed by atoms with Crippen LogP contribution in [-0.4, -0.2) is 72.1 Å². The molecule has 0 saturated carbocycles. The molecule has 8 aromatic heterocycles.